The quantitative estimate of drug-likeness (QED) is 0.833. The van der Waals surface area contributed by atoms with Gasteiger partial charge in [0.1, 0.15) is 0 Å². The first-order valence-electron chi connectivity index (χ1n) is 6.58. The van der Waals surface area contributed by atoms with Crippen molar-refractivity contribution in [1.29, 1.82) is 0 Å². The normalized spacial score (nSPS) is 18.6. The van der Waals surface area contributed by atoms with Crippen molar-refractivity contribution in [3.05, 3.63) is 29.3 Å². The smallest absolute Gasteiger partial charge is 0.255 e. The molecule has 0 aromatic heterocycles. The number of ether oxygens (including phenoxy) is 1. The molecule has 20 heavy (non-hydrogen) atoms. The molecular formula is C14H20N2O3S. The van der Waals surface area contributed by atoms with Gasteiger partial charge in [0.15, 0.2) is 0 Å². The van der Waals surface area contributed by atoms with Gasteiger partial charge in [-0.15, -0.1) is 0 Å². The Labute approximate surface area is 119 Å². The molecule has 0 aliphatic carbocycles. The van der Waals surface area contributed by atoms with E-state index < -0.39 is 9.71 Å². The van der Waals surface area contributed by atoms with Crippen LogP contribution in [0.15, 0.2) is 23.1 Å². The molecule has 1 aliphatic rings. The van der Waals surface area contributed by atoms with Crippen molar-refractivity contribution < 1.29 is 13.7 Å². The Morgan fingerprint density at radius 3 is 2.65 bits per heavy atom. The summed E-state index contributed by atoms with van der Waals surface area (Å²) in [5.41, 5.74) is 1.41. The van der Waals surface area contributed by atoms with E-state index in [2.05, 4.69) is 5.87 Å². The number of morpholine rings is 1. The van der Waals surface area contributed by atoms with Gasteiger partial charge >= 0.3 is 0 Å². The van der Waals surface area contributed by atoms with Gasteiger partial charge in [0.25, 0.3) is 5.91 Å². The molecule has 1 saturated heterocycles. The second-order valence-electron chi connectivity index (χ2n) is 4.81. The molecule has 1 aliphatic heterocycles. The van der Waals surface area contributed by atoms with Gasteiger partial charge in [-0.2, -0.15) is 0 Å². The minimum Gasteiger partial charge on any atom is -0.378 e. The number of nitrogens with zero attached hydrogens (tertiary/aromatic N) is 1. The zero-order chi connectivity index (χ0) is 14.8. The fraction of sp³-hybridized carbons (Fsp3) is 0.429. The topological polar surface area (TPSA) is 72.6 Å². The summed E-state index contributed by atoms with van der Waals surface area (Å²) < 4.78 is 17.3. The zero-order valence-corrected chi connectivity index (χ0v) is 12.4. The second-order valence-corrected chi connectivity index (χ2v) is 6.71. The first-order valence-corrected chi connectivity index (χ1v) is 8.37. The monoisotopic (exact) mass is 296 g/mol. The molecule has 0 saturated carbocycles. The Kier molecular flexibility index (Phi) is 4.47. The van der Waals surface area contributed by atoms with Crippen LogP contribution in [0.1, 0.15) is 22.8 Å². The highest BCUT2D eigenvalue weighted by Crippen LogP contribution is 2.19. The van der Waals surface area contributed by atoms with Gasteiger partial charge in [0.2, 0.25) is 0 Å². The lowest BCUT2D eigenvalue weighted by atomic mass is 10.1. The molecule has 1 aromatic rings. The van der Waals surface area contributed by atoms with Crippen molar-refractivity contribution in [3.8, 4) is 0 Å². The van der Waals surface area contributed by atoms with Gasteiger partial charge < -0.3 is 9.64 Å². The van der Waals surface area contributed by atoms with Crippen LogP contribution in [0.4, 0.5) is 0 Å². The lowest BCUT2D eigenvalue weighted by Gasteiger charge is -2.27. The van der Waals surface area contributed by atoms with Crippen molar-refractivity contribution >= 4 is 21.5 Å². The largest absolute Gasteiger partial charge is 0.378 e. The van der Waals surface area contributed by atoms with Gasteiger partial charge in [-0.25, -0.2) is 4.21 Å². The molecular weight excluding hydrogens is 276 g/mol. The van der Waals surface area contributed by atoms with E-state index in [9.17, 15) is 9.00 Å². The van der Waals surface area contributed by atoms with Crippen molar-refractivity contribution in [1.82, 2.24) is 4.90 Å². The molecule has 2 N–H and O–H groups in total. The Balaban J connectivity index is 2.44. The van der Waals surface area contributed by atoms with Crippen LogP contribution in [-0.4, -0.2) is 47.2 Å². The Morgan fingerprint density at radius 1 is 1.45 bits per heavy atom. The van der Waals surface area contributed by atoms with E-state index in [0.29, 0.717) is 36.8 Å². The first-order chi connectivity index (χ1) is 9.43. The van der Waals surface area contributed by atoms with Crippen LogP contribution in [0, 0.1) is 0 Å². The van der Waals surface area contributed by atoms with Crippen LogP contribution in [0.25, 0.3) is 0 Å². The van der Waals surface area contributed by atoms with Crippen LogP contribution in [-0.2, 0) is 20.9 Å². The number of carbonyl (C=O) groups excluding carboxylic acids is 1. The van der Waals surface area contributed by atoms with E-state index in [4.69, 9.17) is 9.88 Å². The molecule has 0 bridgehead atoms. The summed E-state index contributed by atoms with van der Waals surface area (Å²) in [6.07, 6.45) is 0.798. The van der Waals surface area contributed by atoms with Crippen LogP contribution in [0.5, 0.6) is 0 Å². The third kappa shape index (κ3) is 3.20. The third-order valence-electron chi connectivity index (χ3n) is 3.35. The molecule has 5 nitrogen and oxygen atoms in total. The average Bonchev–Trinajstić information content (AvgIpc) is 2.45. The fourth-order valence-electron chi connectivity index (χ4n) is 2.20. The number of hydrogen-bond donors (Lipinski definition) is 1. The lowest BCUT2D eigenvalue weighted by molar-refractivity contribution is 0.0300. The highest BCUT2D eigenvalue weighted by atomic mass is 32.2. The maximum absolute atomic E-state index is 12.6. The molecule has 0 radical (unpaired) electrons. The number of carbonyl (C=O) groups is 1. The second kappa shape index (κ2) is 5.95. The highest BCUT2D eigenvalue weighted by molar-refractivity contribution is 7.98. The zero-order valence-electron chi connectivity index (χ0n) is 11.6. The van der Waals surface area contributed by atoms with Gasteiger partial charge in [-0.05, 0) is 30.0 Å². The van der Waals surface area contributed by atoms with Crippen LogP contribution in [0.2, 0.25) is 0 Å². The molecule has 110 valence electrons. The predicted octanol–water partition coefficient (Wildman–Crippen LogP) is 0.670. The summed E-state index contributed by atoms with van der Waals surface area (Å²) in [6, 6.07) is 5.26. The first kappa shape index (κ1) is 15.0. The van der Waals surface area contributed by atoms with Crippen molar-refractivity contribution in [2.75, 3.05) is 26.3 Å². The molecule has 1 fully saturated rings. The van der Waals surface area contributed by atoms with E-state index in [0.717, 1.165) is 12.0 Å². The molecule has 6 heteroatoms. The number of rotatable bonds is 3. The summed E-state index contributed by atoms with van der Waals surface area (Å²) in [4.78, 5) is 14.6. The van der Waals surface area contributed by atoms with Crippen LogP contribution in [0.3, 0.4) is 0 Å². The van der Waals surface area contributed by atoms with E-state index in [1.165, 1.54) is 0 Å². The Hall–Kier alpha value is -1.37. The highest BCUT2D eigenvalue weighted by Gasteiger charge is 2.23. The summed E-state index contributed by atoms with van der Waals surface area (Å²) >= 11 is 0. The number of nitrogens with two attached hydrogens (primary N) is 1. The summed E-state index contributed by atoms with van der Waals surface area (Å²) in [6.45, 7) is 4.13. The van der Waals surface area contributed by atoms with Crippen LogP contribution < -0.4 is 5.14 Å². The fourth-order valence-corrected chi connectivity index (χ4v) is 3.02. The van der Waals surface area contributed by atoms with E-state index in [1.54, 1.807) is 17.0 Å². The Bertz CT molecular complexity index is 605. The maximum Gasteiger partial charge on any atom is 0.255 e. The average molecular weight is 296 g/mol. The van der Waals surface area contributed by atoms with E-state index in [-0.39, 0.29) is 5.91 Å². The van der Waals surface area contributed by atoms with E-state index >= 15 is 0 Å². The third-order valence-corrected chi connectivity index (χ3v) is 4.45. The SMILES string of the molecule is C=S(N)(=O)c1ccc(CC)cc1C(=O)N1CCOCC1. The van der Waals surface area contributed by atoms with Crippen molar-refractivity contribution in [2.24, 2.45) is 5.14 Å². The van der Waals surface area contributed by atoms with Crippen molar-refractivity contribution in [3.63, 3.8) is 0 Å². The summed E-state index contributed by atoms with van der Waals surface area (Å²) in [5.74, 6) is 3.34. The maximum atomic E-state index is 12.6. The molecule has 1 heterocycles. The molecule has 0 spiro atoms. The number of benzene rings is 1. The van der Waals surface area contributed by atoms with E-state index in [1.807, 2.05) is 13.0 Å². The molecule has 1 unspecified atom stereocenters. The van der Waals surface area contributed by atoms with Gasteiger partial charge in [-0.1, -0.05) is 13.0 Å². The standard InChI is InChI=1S/C14H20N2O3S/c1-3-11-4-5-13(20(2,15)18)12(10-11)14(17)16-6-8-19-9-7-16/h4-5,10H,2-3,6-9H2,1H3,(H2,15,18). The lowest BCUT2D eigenvalue weighted by Crippen LogP contribution is -2.41. The molecule has 1 aromatic carbocycles. The minimum absolute atomic E-state index is 0.152. The Morgan fingerprint density at radius 2 is 2.10 bits per heavy atom. The van der Waals surface area contributed by atoms with Gasteiger partial charge in [0, 0.05) is 13.1 Å². The van der Waals surface area contributed by atoms with Gasteiger partial charge in [0.05, 0.1) is 33.4 Å². The number of hydrogen-bond acceptors (Lipinski definition) is 3. The predicted molar refractivity (Wildman–Crippen MR) is 80.3 cm³/mol. The number of amides is 1. The molecule has 1 atom stereocenters. The number of aryl methyl sites for hydroxylation is 1. The van der Waals surface area contributed by atoms with Crippen LogP contribution >= 0.6 is 0 Å². The summed E-state index contributed by atoms with van der Waals surface area (Å²) in [5, 5.41) is 5.64. The van der Waals surface area contributed by atoms with Gasteiger partial charge in [-0.3, -0.25) is 9.93 Å². The van der Waals surface area contributed by atoms with Crippen molar-refractivity contribution in [2.45, 2.75) is 18.2 Å². The molecule has 2 rings (SSSR count). The minimum atomic E-state index is -2.92. The summed E-state index contributed by atoms with van der Waals surface area (Å²) in [7, 11) is -2.92. The molecule has 1 amide bonds.